The van der Waals surface area contributed by atoms with Crippen molar-refractivity contribution in [3.05, 3.63) is 11.1 Å². The summed E-state index contributed by atoms with van der Waals surface area (Å²) >= 11 is 0. The van der Waals surface area contributed by atoms with Gasteiger partial charge in [0.1, 0.15) is 6.04 Å². The molecule has 146 valence electrons. The number of methoxy groups -OCH3 is 1. The van der Waals surface area contributed by atoms with E-state index in [1.54, 1.807) is 18.3 Å². The summed E-state index contributed by atoms with van der Waals surface area (Å²) in [6, 6.07) is 1.34. The molecule has 0 aromatic rings. The number of carbonyl (C=O) groups is 1. The second kappa shape index (κ2) is 4.48. The van der Waals surface area contributed by atoms with Gasteiger partial charge in [-0.05, 0) is 38.0 Å². The SMILES string of the molecule is COC(=O)[C@@H]1C[C@@]23C4=C(CC[C@H]5C[N+]67C[C@H](C)[C@@H](C[C@H]6[C@@]52CO)[C@@H]37)CC[C@@H]41. The second-order valence-corrected chi connectivity index (χ2v) is 11.2. The molecule has 7 rings (SSSR count). The number of quaternary nitrogens is 1. The second-order valence-electron chi connectivity index (χ2n) is 11.2. The Bertz CT molecular complexity index is 805. The van der Waals surface area contributed by atoms with E-state index in [1.807, 2.05) is 0 Å². The van der Waals surface area contributed by atoms with Crippen molar-refractivity contribution in [2.75, 3.05) is 26.8 Å². The van der Waals surface area contributed by atoms with E-state index in [2.05, 4.69) is 6.92 Å². The minimum absolute atomic E-state index is 0.0184. The van der Waals surface area contributed by atoms with E-state index in [0.29, 0.717) is 30.5 Å². The van der Waals surface area contributed by atoms with E-state index < -0.39 is 0 Å². The van der Waals surface area contributed by atoms with Crippen molar-refractivity contribution in [2.24, 2.45) is 40.4 Å². The van der Waals surface area contributed by atoms with Crippen LogP contribution in [0, 0.1) is 40.4 Å². The van der Waals surface area contributed by atoms with Crippen LogP contribution < -0.4 is 0 Å². The number of esters is 1. The standard InChI is InChI=1S/C23H32NO3/c1-12-9-24-10-14-5-3-13-4-6-15-17(21(26)27-2)8-22(19(13)15)20(24)16(12)7-18(24)23(14,22)11-25/h12,14-18,20,25H,3-11H2,1-2H3/q+1/t12-,14-,15+,16+,17+,18-,20-,22-,23+,24?/m0/s1. The van der Waals surface area contributed by atoms with Crippen molar-refractivity contribution >= 4 is 5.97 Å². The van der Waals surface area contributed by atoms with Crippen LogP contribution in [0.5, 0.6) is 0 Å². The molecule has 4 nitrogen and oxygen atoms in total. The molecular formula is C23H32NO3+. The molecule has 10 atom stereocenters. The largest absolute Gasteiger partial charge is 0.469 e. The fourth-order valence-corrected chi connectivity index (χ4v) is 11.2. The molecule has 27 heavy (non-hydrogen) atoms. The zero-order valence-corrected chi connectivity index (χ0v) is 16.6. The maximum atomic E-state index is 12.8. The molecule has 4 heteroatoms. The van der Waals surface area contributed by atoms with Crippen molar-refractivity contribution in [3.8, 4) is 0 Å². The molecule has 7 aliphatic rings. The molecule has 0 aromatic carbocycles. The van der Waals surface area contributed by atoms with E-state index in [0.717, 1.165) is 24.7 Å². The van der Waals surface area contributed by atoms with Gasteiger partial charge in [-0.3, -0.25) is 4.79 Å². The normalized spacial score (nSPS) is 60.9. The summed E-state index contributed by atoms with van der Waals surface area (Å²) in [4.78, 5) is 12.8. The zero-order valence-electron chi connectivity index (χ0n) is 16.6. The lowest BCUT2D eigenvalue weighted by atomic mass is 9.47. The third kappa shape index (κ3) is 1.29. The Hall–Kier alpha value is -0.870. The number of allylic oxidation sites excluding steroid dienone is 1. The van der Waals surface area contributed by atoms with Gasteiger partial charge < -0.3 is 14.3 Å². The topological polar surface area (TPSA) is 46.5 Å². The summed E-state index contributed by atoms with van der Waals surface area (Å²) in [5.74, 6) is 2.73. The number of aliphatic hydroxyl groups is 1. The average Bonchev–Trinajstić information content (AvgIpc) is 3.42. The van der Waals surface area contributed by atoms with Gasteiger partial charge in [0.05, 0.1) is 49.6 Å². The number of rotatable bonds is 2. The van der Waals surface area contributed by atoms with E-state index in [-0.39, 0.29) is 22.7 Å². The molecule has 5 fully saturated rings. The maximum Gasteiger partial charge on any atom is 0.309 e. The average molecular weight is 371 g/mol. The highest BCUT2D eigenvalue weighted by molar-refractivity contribution is 5.75. The lowest BCUT2D eigenvalue weighted by Gasteiger charge is -2.52. The monoisotopic (exact) mass is 370 g/mol. The lowest BCUT2D eigenvalue weighted by molar-refractivity contribution is -0.939. The van der Waals surface area contributed by atoms with Crippen LogP contribution in [0.2, 0.25) is 0 Å². The minimum atomic E-state index is 0.0184. The third-order valence-electron chi connectivity index (χ3n) is 11.2. The highest BCUT2D eigenvalue weighted by Gasteiger charge is 2.92. The molecule has 4 saturated heterocycles. The highest BCUT2D eigenvalue weighted by Crippen LogP contribution is 2.84. The zero-order chi connectivity index (χ0) is 18.3. The minimum Gasteiger partial charge on any atom is -0.469 e. The highest BCUT2D eigenvalue weighted by atomic mass is 16.5. The molecular weight excluding hydrogens is 338 g/mol. The predicted octanol–water partition coefficient (Wildman–Crippen LogP) is 2.51. The number of aliphatic hydroxyl groups excluding tert-OH is 1. The van der Waals surface area contributed by atoms with Crippen molar-refractivity contribution in [3.63, 3.8) is 0 Å². The molecule has 2 spiro atoms. The molecule has 1 saturated carbocycles. The first-order chi connectivity index (χ1) is 13.0. The Morgan fingerprint density at radius 2 is 2.11 bits per heavy atom. The molecule has 1 N–H and O–H groups in total. The molecule has 0 aromatic heterocycles. The number of hydrogen-bond acceptors (Lipinski definition) is 3. The van der Waals surface area contributed by atoms with Gasteiger partial charge in [0.15, 0.2) is 0 Å². The van der Waals surface area contributed by atoms with Crippen LogP contribution in [-0.2, 0) is 9.53 Å². The molecule has 1 unspecified atom stereocenters. The van der Waals surface area contributed by atoms with Gasteiger partial charge in [0.25, 0.3) is 0 Å². The van der Waals surface area contributed by atoms with Crippen molar-refractivity contribution in [1.82, 2.24) is 0 Å². The quantitative estimate of drug-likeness (QED) is 0.462. The number of nitrogens with zero attached hydrogens (tertiary/aromatic N) is 1. The van der Waals surface area contributed by atoms with Gasteiger partial charge in [-0.2, -0.15) is 0 Å². The van der Waals surface area contributed by atoms with Crippen LogP contribution in [0.15, 0.2) is 11.1 Å². The lowest BCUT2D eigenvalue weighted by Crippen LogP contribution is -2.60. The van der Waals surface area contributed by atoms with Crippen molar-refractivity contribution < 1.29 is 19.1 Å². The maximum absolute atomic E-state index is 12.8. The fourth-order valence-electron chi connectivity index (χ4n) is 11.2. The van der Waals surface area contributed by atoms with Crippen LogP contribution in [0.25, 0.3) is 0 Å². The Morgan fingerprint density at radius 1 is 1.30 bits per heavy atom. The van der Waals surface area contributed by atoms with Crippen LogP contribution in [-0.4, -0.2) is 54.4 Å². The van der Waals surface area contributed by atoms with Gasteiger partial charge in [0, 0.05) is 24.2 Å². The number of carbonyl (C=O) groups excluding carboxylic acids is 1. The molecule has 3 aliphatic carbocycles. The Morgan fingerprint density at radius 3 is 2.89 bits per heavy atom. The Balaban J connectivity index is 1.52. The first-order valence-electron chi connectivity index (χ1n) is 11.3. The van der Waals surface area contributed by atoms with Crippen LogP contribution in [0.1, 0.15) is 45.4 Å². The first kappa shape index (κ1) is 16.0. The summed E-state index contributed by atoms with van der Waals surface area (Å²) in [5.41, 5.74) is 3.56. The third-order valence-corrected chi connectivity index (χ3v) is 11.2. The summed E-state index contributed by atoms with van der Waals surface area (Å²) in [5, 5.41) is 11.1. The van der Waals surface area contributed by atoms with E-state index >= 15 is 0 Å². The molecule has 5 bridgehead atoms. The molecule has 0 radical (unpaired) electrons. The first-order valence-corrected chi connectivity index (χ1v) is 11.3. The summed E-state index contributed by atoms with van der Waals surface area (Å²) in [6.07, 6.45) is 7.16. The Kier molecular flexibility index (Phi) is 2.65. The number of hydrogen-bond donors (Lipinski definition) is 1. The molecule has 4 aliphatic heterocycles. The molecule has 0 amide bonds. The smallest absolute Gasteiger partial charge is 0.309 e. The van der Waals surface area contributed by atoms with Crippen molar-refractivity contribution in [2.45, 2.75) is 57.5 Å². The number of ether oxygens (including phenoxy) is 1. The summed E-state index contributed by atoms with van der Waals surface area (Å²) in [7, 11) is 1.57. The number of piperidine rings is 2. The predicted molar refractivity (Wildman–Crippen MR) is 99.4 cm³/mol. The van der Waals surface area contributed by atoms with Crippen molar-refractivity contribution in [1.29, 1.82) is 0 Å². The van der Waals surface area contributed by atoms with Gasteiger partial charge in [0.2, 0.25) is 0 Å². The van der Waals surface area contributed by atoms with E-state index in [4.69, 9.17) is 4.74 Å². The van der Waals surface area contributed by atoms with Gasteiger partial charge in [-0.1, -0.05) is 18.1 Å². The van der Waals surface area contributed by atoms with Gasteiger partial charge in [-0.25, -0.2) is 0 Å². The van der Waals surface area contributed by atoms with Crippen LogP contribution >= 0.6 is 0 Å². The summed E-state index contributed by atoms with van der Waals surface area (Å²) < 4.78 is 6.63. The fraction of sp³-hybridized carbons (Fsp3) is 0.870. The van der Waals surface area contributed by atoms with Crippen LogP contribution in [0.3, 0.4) is 0 Å². The Labute approximate surface area is 161 Å². The van der Waals surface area contributed by atoms with Gasteiger partial charge >= 0.3 is 5.97 Å². The van der Waals surface area contributed by atoms with Crippen LogP contribution in [0.4, 0.5) is 0 Å². The van der Waals surface area contributed by atoms with Gasteiger partial charge in [-0.15, -0.1) is 0 Å². The summed E-state index contributed by atoms with van der Waals surface area (Å²) in [6.45, 7) is 5.47. The van der Waals surface area contributed by atoms with E-state index in [9.17, 15) is 9.90 Å². The van der Waals surface area contributed by atoms with E-state index in [1.165, 1.54) is 43.3 Å². The molecule has 4 heterocycles.